The van der Waals surface area contributed by atoms with Crippen LogP contribution < -0.4 is 19.7 Å². The molecule has 1 aromatic heterocycles. The fourth-order valence-electron chi connectivity index (χ4n) is 2.94. The molecule has 0 aliphatic heterocycles. The van der Waals surface area contributed by atoms with Crippen LogP contribution in [0.1, 0.15) is 36.8 Å². The predicted molar refractivity (Wildman–Crippen MR) is 120 cm³/mol. The van der Waals surface area contributed by atoms with Gasteiger partial charge in [0, 0.05) is 11.6 Å². The van der Waals surface area contributed by atoms with Crippen LogP contribution in [0.3, 0.4) is 0 Å². The lowest BCUT2D eigenvalue weighted by atomic mass is 9.98. The third kappa shape index (κ3) is 5.53. The van der Waals surface area contributed by atoms with E-state index in [1.165, 1.54) is 6.20 Å². The van der Waals surface area contributed by atoms with Gasteiger partial charge >= 0.3 is 0 Å². The number of benzene rings is 2. The molecule has 1 amide bonds. The molecule has 0 atom stereocenters. The number of rotatable bonds is 9. The van der Waals surface area contributed by atoms with Crippen molar-refractivity contribution < 1.29 is 23.8 Å². The Labute approximate surface area is 187 Å². The predicted octanol–water partition coefficient (Wildman–Crippen LogP) is 4.16. The van der Waals surface area contributed by atoms with Crippen molar-refractivity contribution >= 4 is 5.91 Å². The first-order valence-electron chi connectivity index (χ1n) is 10.1. The number of carbonyl (C=O) groups excluding carboxylic acids is 1. The lowest BCUT2D eigenvalue weighted by Gasteiger charge is -2.26. The summed E-state index contributed by atoms with van der Waals surface area (Å²) in [6.07, 6.45) is 2.98. The van der Waals surface area contributed by atoms with Gasteiger partial charge in [0.1, 0.15) is 28.5 Å². The van der Waals surface area contributed by atoms with Crippen molar-refractivity contribution in [2.24, 2.45) is 0 Å². The zero-order valence-electron chi connectivity index (χ0n) is 18.8. The highest BCUT2D eigenvalue weighted by molar-refractivity contribution is 5.91. The van der Waals surface area contributed by atoms with Crippen molar-refractivity contribution in [1.29, 1.82) is 0 Å². The molecule has 3 aromatic rings. The fraction of sp³-hybridized carbons (Fsp3) is 0.292. The number of carbonyl (C=O) groups is 1. The molecule has 0 unspecified atom stereocenters. The van der Waals surface area contributed by atoms with Gasteiger partial charge in [-0.2, -0.15) is 0 Å². The minimum Gasteiger partial charge on any atom is -0.497 e. The van der Waals surface area contributed by atoms with Crippen molar-refractivity contribution in [3.05, 3.63) is 66.1 Å². The number of nitrogens with zero attached hydrogens (tertiary/aromatic N) is 2. The number of aromatic nitrogens is 2. The van der Waals surface area contributed by atoms with Gasteiger partial charge in [0.25, 0.3) is 5.91 Å². The molecular formula is C24H27N3O5. The topological polar surface area (TPSA) is 91.8 Å². The van der Waals surface area contributed by atoms with Gasteiger partial charge in [0.05, 0.1) is 38.9 Å². The Morgan fingerprint density at radius 2 is 1.62 bits per heavy atom. The molecule has 1 heterocycles. The Morgan fingerprint density at radius 1 is 0.969 bits per heavy atom. The third-order valence-electron chi connectivity index (χ3n) is 4.77. The molecule has 1 N–H and O–H groups in total. The highest BCUT2D eigenvalue weighted by Gasteiger charge is 2.25. The maximum Gasteiger partial charge on any atom is 0.295 e. The molecule has 0 radical (unpaired) electrons. The number of ether oxygens (including phenoxy) is 3. The number of methoxy groups -OCH3 is 2. The lowest BCUT2D eigenvalue weighted by molar-refractivity contribution is -0.0751. The summed E-state index contributed by atoms with van der Waals surface area (Å²) in [5.41, 5.74) is 3.90. The maximum atomic E-state index is 12.7. The van der Waals surface area contributed by atoms with Crippen molar-refractivity contribution in [2.75, 3.05) is 20.8 Å². The summed E-state index contributed by atoms with van der Waals surface area (Å²) in [7, 11) is 3.15. The summed E-state index contributed by atoms with van der Waals surface area (Å²) >= 11 is 0. The van der Waals surface area contributed by atoms with Gasteiger partial charge in [-0.3, -0.25) is 14.6 Å². The molecular weight excluding hydrogens is 410 g/mol. The first kappa shape index (κ1) is 23.0. The van der Waals surface area contributed by atoms with Gasteiger partial charge < -0.3 is 14.2 Å². The number of amides is 1. The van der Waals surface area contributed by atoms with E-state index >= 15 is 0 Å². The van der Waals surface area contributed by atoms with Crippen molar-refractivity contribution in [1.82, 2.24) is 15.4 Å². The molecule has 2 aromatic carbocycles. The van der Waals surface area contributed by atoms with Crippen LogP contribution in [0.2, 0.25) is 0 Å². The van der Waals surface area contributed by atoms with Gasteiger partial charge in [-0.25, -0.2) is 10.5 Å². The van der Waals surface area contributed by atoms with Crippen LogP contribution in [-0.4, -0.2) is 36.7 Å². The van der Waals surface area contributed by atoms with E-state index in [1.807, 2.05) is 57.2 Å². The second-order valence-electron chi connectivity index (χ2n) is 7.39. The molecule has 168 valence electrons. The molecule has 0 fully saturated rings. The van der Waals surface area contributed by atoms with Crippen LogP contribution in [-0.2, 0) is 10.4 Å². The summed E-state index contributed by atoms with van der Waals surface area (Å²) in [4.78, 5) is 27.0. The summed E-state index contributed by atoms with van der Waals surface area (Å²) in [5.74, 6) is 1.50. The van der Waals surface area contributed by atoms with E-state index in [4.69, 9.17) is 19.0 Å². The number of hydrogen-bond donors (Lipinski definition) is 1. The van der Waals surface area contributed by atoms with Crippen LogP contribution >= 0.6 is 0 Å². The summed E-state index contributed by atoms with van der Waals surface area (Å²) in [6, 6.07) is 12.8. The Morgan fingerprint density at radius 3 is 2.22 bits per heavy atom. The minimum atomic E-state index is -0.863. The molecule has 3 rings (SSSR count). The summed E-state index contributed by atoms with van der Waals surface area (Å²) in [5, 5.41) is 0. The fourth-order valence-corrected chi connectivity index (χ4v) is 2.94. The van der Waals surface area contributed by atoms with Gasteiger partial charge in [-0.15, -0.1) is 0 Å². The Bertz CT molecular complexity index is 1050. The average molecular weight is 437 g/mol. The minimum absolute atomic E-state index is 0.135. The molecule has 8 nitrogen and oxygen atoms in total. The monoisotopic (exact) mass is 437 g/mol. The van der Waals surface area contributed by atoms with E-state index in [1.54, 1.807) is 26.5 Å². The third-order valence-corrected chi connectivity index (χ3v) is 4.77. The van der Waals surface area contributed by atoms with Crippen molar-refractivity contribution in [3.63, 3.8) is 0 Å². The zero-order valence-corrected chi connectivity index (χ0v) is 18.8. The van der Waals surface area contributed by atoms with E-state index in [-0.39, 0.29) is 5.69 Å². The standard InChI is InChI=1S/C24H27N3O5/c1-6-31-18-9-7-16(8-10-18)21-14-25-15-22(26-21)23(28)27-32-24(2,3)17-11-19(29-4)13-20(12-17)30-5/h7-15H,6H2,1-5H3,(H,27,28). The second-order valence-corrected chi connectivity index (χ2v) is 7.39. The van der Waals surface area contributed by atoms with Gasteiger partial charge in [-0.1, -0.05) is 0 Å². The molecule has 0 saturated heterocycles. The largest absolute Gasteiger partial charge is 0.497 e. The first-order chi connectivity index (χ1) is 15.4. The van der Waals surface area contributed by atoms with Crippen LogP contribution in [0.15, 0.2) is 54.9 Å². The van der Waals surface area contributed by atoms with Crippen LogP contribution in [0.4, 0.5) is 0 Å². The van der Waals surface area contributed by atoms with E-state index in [9.17, 15) is 4.79 Å². The molecule has 0 aliphatic carbocycles. The van der Waals surface area contributed by atoms with E-state index in [0.717, 1.165) is 16.9 Å². The Hall–Kier alpha value is -3.65. The Balaban J connectivity index is 1.73. The molecule has 0 bridgehead atoms. The summed E-state index contributed by atoms with van der Waals surface area (Å²) in [6.45, 7) is 6.16. The number of nitrogens with one attached hydrogen (secondary N) is 1. The van der Waals surface area contributed by atoms with Gasteiger partial charge in [-0.05, 0) is 62.7 Å². The zero-order chi connectivity index (χ0) is 23.1. The average Bonchev–Trinajstić information content (AvgIpc) is 2.83. The van der Waals surface area contributed by atoms with Crippen LogP contribution in [0.25, 0.3) is 11.3 Å². The smallest absolute Gasteiger partial charge is 0.295 e. The van der Waals surface area contributed by atoms with Gasteiger partial charge in [0.15, 0.2) is 0 Å². The Kier molecular flexibility index (Phi) is 7.27. The number of hydrogen-bond acceptors (Lipinski definition) is 7. The lowest BCUT2D eigenvalue weighted by Crippen LogP contribution is -2.34. The van der Waals surface area contributed by atoms with E-state index in [2.05, 4.69) is 15.4 Å². The SMILES string of the molecule is CCOc1ccc(-c2cncc(C(=O)NOC(C)(C)c3cc(OC)cc(OC)c3)n2)cc1. The molecule has 0 aliphatic rings. The second kappa shape index (κ2) is 10.1. The molecule has 8 heteroatoms. The van der Waals surface area contributed by atoms with Crippen molar-refractivity contribution in [3.8, 4) is 28.5 Å². The highest BCUT2D eigenvalue weighted by atomic mass is 16.7. The van der Waals surface area contributed by atoms with Crippen LogP contribution in [0.5, 0.6) is 17.2 Å². The summed E-state index contributed by atoms with van der Waals surface area (Å²) < 4.78 is 16.1. The number of hydroxylamine groups is 1. The van der Waals surface area contributed by atoms with E-state index in [0.29, 0.717) is 23.8 Å². The first-order valence-corrected chi connectivity index (χ1v) is 10.1. The van der Waals surface area contributed by atoms with Crippen molar-refractivity contribution in [2.45, 2.75) is 26.4 Å². The molecule has 0 spiro atoms. The highest BCUT2D eigenvalue weighted by Crippen LogP contribution is 2.31. The molecule has 32 heavy (non-hydrogen) atoms. The molecule has 0 saturated carbocycles. The maximum absolute atomic E-state index is 12.7. The quantitative estimate of drug-likeness (QED) is 0.503. The van der Waals surface area contributed by atoms with Gasteiger partial charge in [0.2, 0.25) is 0 Å². The van der Waals surface area contributed by atoms with E-state index < -0.39 is 11.5 Å². The normalized spacial score (nSPS) is 11.0. The van der Waals surface area contributed by atoms with Crippen LogP contribution in [0, 0.1) is 0 Å².